The molecular formula is C14H11NO3S. The number of carboxylic acid groups (broad SMARTS) is 1. The molecule has 0 bridgehead atoms. The number of nitrogens with one attached hydrogen (secondary N) is 1. The molecule has 0 fully saturated rings. The van der Waals surface area contributed by atoms with Crippen LogP contribution in [0.2, 0.25) is 0 Å². The zero-order valence-electron chi connectivity index (χ0n) is 9.87. The van der Waals surface area contributed by atoms with E-state index in [1.807, 2.05) is 17.5 Å². The third-order valence-corrected chi connectivity index (χ3v) is 3.16. The second-order valence-corrected chi connectivity index (χ2v) is 4.70. The molecule has 1 aromatic heterocycles. The lowest BCUT2D eigenvalue weighted by Gasteiger charge is -2.02. The van der Waals surface area contributed by atoms with Crippen LogP contribution < -0.4 is 5.32 Å². The molecule has 0 atom stereocenters. The van der Waals surface area contributed by atoms with E-state index in [0.717, 1.165) is 4.88 Å². The molecule has 0 saturated carbocycles. The Hall–Kier alpha value is -2.40. The fraction of sp³-hybridized carbons (Fsp3) is 0. The monoisotopic (exact) mass is 273 g/mol. The average molecular weight is 273 g/mol. The van der Waals surface area contributed by atoms with Gasteiger partial charge in [0.1, 0.15) is 0 Å². The predicted molar refractivity (Wildman–Crippen MR) is 75.4 cm³/mol. The lowest BCUT2D eigenvalue weighted by atomic mass is 10.2. The lowest BCUT2D eigenvalue weighted by Crippen LogP contribution is -2.08. The van der Waals surface area contributed by atoms with Crippen LogP contribution in [0.5, 0.6) is 0 Å². The van der Waals surface area contributed by atoms with Gasteiger partial charge >= 0.3 is 5.97 Å². The Labute approximate surface area is 114 Å². The molecule has 2 aromatic rings. The molecule has 0 aliphatic heterocycles. The van der Waals surface area contributed by atoms with Crippen molar-refractivity contribution in [3.05, 3.63) is 58.3 Å². The van der Waals surface area contributed by atoms with Crippen LogP contribution in [0.25, 0.3) is 6.08 Å². The van der Waals surface area contributed by atoms with E-state index in [2.05, 4.69) is 5.32 Å². The van der Waals surface area contributed by atoms with Crippen LogP contribution in [-0.4, -0.2) is 17.0 Å². The molecule has 0 aliphatic carbocycles. The smallest absolute Gasteiger partial charge is 0.335 e. The van der Waals surface area contributed by atoms with Gasteiger partial charge in [0, 0.05) is 16.6 Å². The molecule has 0 spiro atoms. The summed E-state index contributed by atoms with van der Waals surface area (Å²) >= 11 is 1.53. The molecule has 4 nitrogen and oxygen atoms in total. The summed E-state index contributed by atoms with van der Waals surface area (Å²) in [6.45, 7) is 0. The Kier molecular flexibility index (Phi) is 4.10. The van der Waals surface area contributed by atoms with Gasteiger partial charge in [0.15, 0.2) is 0 Å². The van der Waals surface area contributed by atoms with Gasteiger partial charge in [-0.2, -0.15) is 0 Å². The van der Waals surface area contributed by atoms with Crippen LogP contribution in [0.3, 0.4) is 0 Å². The summed E-state index contributed by atoms with van der Waals surface area (Å²) in [5, 5.41) is 13.4. The third-order valence-electron chi connectivity index (χ3n) is 2.32. The van der Waals surface area contributed by atoms with E-state index in [1.54, 1.807) is 18.2 Å². The van der Waals surface area contributed by atoms with Crippen LogP contribution in [0.15, 0.2) is 47.9 Å². The Bertz CT molecular complexity index is 617. The SMILES string of the molecule is O=C(C=Cc1cccs1)Nc1cccc(C(=O)O)c1. The van der Waals surface area contributed by atoms with E-state index in [0.29, 0.717) is 5.69 Å². The van der Waals surface area contributed by atoms with Gasteiger partial charge in [0.2, 0.25) is 5.91 Å². The van der Waals surface area contributed by atoms with Crippen molar-refractivity contribution in [3.63, 3.8) is 0 Å². The molecular weight excluding hydrogens is 262 g/mol. The quantitative estimate of drug-likeness (QED) is 0.841. The summed E-state index contributed by atoms with van der Waals surface area (Å²) in [5.74, 6) is -1.32. The molecule has 2 N–H and O–H groups in total. The van der Waals surface area contributed by atoms with Crippen molar-refractivity contribution in [2.24, 2.45) is 0 Å². The molecule has 1 amide bonds. The third kappa shape index (κ3) is 3.79. The normalized spacial score (nSPS) is 10.5. The number of amides is 1. The summed E-state index contributed by atoms with van der Waals surface area (Å²) in [7, 11) is 0. The second kappa shape index (κ2) is 5.97. The Morgan fingerprint density at radius 3 is 2.74 bits per heavy atom. The van der Waals surface area contributed by atoms with Gasteiger partial charge in [0.05, 0.1) is 5.56 Å². The number of hydrogen-bond acceptors (Lipinski definition) is 3. The minimum Gasteiger partial charge on any atom is -0.478 e. The summed E-state index contributed by atoms with van der Waals surface area (Å²) in [6.07, 6.45) is 3.13. The fourth-order valence-corrected chi connectivity index (χ4v) is 2.08. The number of anilines is 1. The highest BCUT2D eigenvalue weighted by molar-refractivity contribution is 7.10. The summed E-state index contributed by atoms with van der Waals surface area (Å²) in [4.78, 5) is 23.4. The van der Waals surface area contributed by atoms with Crippen molar-refractivity contribution in [1.82, 2.24) is 0 Å². The van der Waals surface area contributed by atoms with E-state index in [-0.39, 0.29) is 11.5 Å². The van der Waals surface area contributed by atoms with Gasteiger partial charge in [0.25, 0.3) is 0 Å². The first-order chi connectivity index (χ1) is 9.15. The first kappa shape index (κ1) is 13.0. The number of aromatic carboxylic acids is 1. The number of thiophene rings is 1. The molecule has 0 unspecified atom stereocenters. The highest BCUT2D eigenvalue weighted by atomic mass is 32.1. The topological polar surface area (TPSA) is 66.4 Å². The maximum atomic E-state index is 11.6. The molecule has 19 heavy (non-hydrogen) atoms. The zero-order chi connectivity index (χ0) is 13.7. The van der Waals surface area contributed by atoms with E-state index in [1.165, 1.54) is 29.5 Å². The maximum Gasteiger partial charge on any atom is 0.335 e. The van der Waals surface area contributed by atoms with Crippen LogP contribution in [0.1, 0.15) is 15.2 Å². The molecule has 0 radical (unpaired) electrons. The minimum atomic E-state index is -1.02. The van der Waals surface area contributed by atoms with Gasteiger partial charge in [-0.05, 0) is 35.7 Å². The van der Waals surface area contributed by atoms with Crippen molar-refractivity contribution >= 4 is 35.0 Å². The van der Waals surface area contributed by atoms with Crippen molar-refractivity contribution < 1.29 is 14.7 Å². The zero-order valence-corrected chi connectivity index (χ0v) is 10.7. The molecule has 96 valence electrons. The standard InChI is InChI=1S/C14H11NO3S/c16-13(7-6-12-5-2-8-19-12)15-11-4-1-3-10(9-11)14(17)18/h1-9H,(H,15,16)(H,17,18). The van der Waals surface area contributed by atoms with Gasteiger partial charge in [-0.15, -0.1) is 11.3 Å². The number of carbonyl (C=O) groups is 2. The predicted octanol–water partition coefficient (Wildman–Crippen LogP) is 3.10. The summed E-state index contributed by atoms with van der Waals surface area (Å²) in [5.41, 5.74) is 0.598. The van der Waals surface area contributed by atoms with E-state index in [4.69, 9.17) is 5.11 Å². The summed E-state index contributed by atoms with van der Waals surface area (Å²) < 4.78 is 0. The maximum absolute atomic E-state index is 11.6. The molecule has 0 aliphatic rings. The van der Waals surface area contributed by atoms with Gasteiger partial charge in [-0.1, -0.05) is 12.1 Å². The van der Waals surface area contributed by atoms with Crippen LogP contribution in [-0.2, 0) is 4.79 Å². The van der Waals surface area contributed by atoms with E-state index < -0.39 is 5.97 Å². The van der Waals surface area contributed by atoms with E-state index >= 15 is 0 Å². The Morgan fingerprint density at radius 2 is 2.05 bits per heavy atom. The van der Waals surface area contributed by atoms with Crippen molar-refractivity contribution in [1.29, 1.82) is 0 Å². The minimum absolute atomic E-state index is 0.139. The number of hydrogen-bond donors (Lipinski definition) is 2. The van der Waals surface area contributed by atoms with Gasteiger partial charge in [-0.3, -0.25) is 4.79 Å². The largest absolute Gasteiger partial charge is 0.478 e. The molecule has 0 saturated heterocycles. The van der Waals surface area contributed by atoms with Gasteiger partial charge in [-0.25, -0.2) is 4.79 Å². The van der Waals surface area contributed by atoms with E-state index in [9.17, 15) is 9.59 Å². The second-order valence-electron chi connectivity index (χ2n) is 3.72. The highest BCUT2D eigenvalue weighted by Gasteiger charge is 2.04. The van der Waals surface area contributed by atoms with Crippen LogP contribution in [0.4, 0.5) is 5.69 Å². The Morgan fingerprint density at radius 1 is 1.21 bits per heavy atom. The first-order valence-corrected chi connectivity index (χ1v) is 6.39. The Balaban J connectivity index is 2.03. The van der Waals surface area contributed by atoms with Crippen LogP contribution in [0, 0.1) is 0 Å². The lowest BCUT2D eigenvalue weighted by molar-refractivity contribution is -0.111. The number of rotatable bonds is 4. The molecule has 5 heteroatoms. The van der Waals surface area contributed by atoms with Crippen LogP contribution >= 0.6 is 11.3 Å². The molecule has 1 aromatic carbocycles. The molecule has 1 heterocycles. The number of carboxylic acids is 1. The number of carbonyl (C=O) groups excluding carboxylic acids is 1. The van der Waals surface area contributed by atoms with Crippen molar-refractivity contribution in [2.45, 2.75) is 0 Å². The first-order valence-electron chi connectivity index (χ1n) is 5.51. The highest BCUT2D eigenvalue weighted by Crippen LogP contribution is 2.12. The summed E-state index contributed by atoms with van der Waals surface area (Å²) in [6, 6.07) is 9.92. The average Bonchev–Trinajstić information content (AvgIpc) is 2.90. The van der Waals surface area contributed by atoms with Crippen molar-refractivity contribution in [3.8, 4) is 0 Å². The number of benzene rings is 1. The van der Waals surface area contributed by atoms with Gasteiger partial charge < -0.3 is 10.4 Å². The fourth-order valence-electron chi connectivity index (χ4n) is 1.46. The molecule has 2 rings (SSSR count). The van der Waals surface area contributed by atoms with Crippen molar-refractivity contribution in [2.75, 3.05) is 5.32 Å².